The van der Waals surface area contributed by atoms with E-state index in [0.29, 0.717) is 0 Å². The van der Waals surface area contributed by atoms with Crippen LogP contribution in [0.2, 0.25) is 0 Å². The maximum atomic E-state index is 6.26. The van der Waals surface area contributed by atoms with Crippen molar-refractivity contribution in [3.05, 3.63) is 66.2 Å². The molecule has 0 unspecified atom stereocenters. The Hall–Kier alpha value is -3.40. The minimum atomic E-state index is -0.268. The molecule has 0 radical (unpaired) electrons. The van der Waals surface area contributed by atoms with Gasteiger partial charge in [0.05, 0.1) is 0 Å². The van der Waals surface area contributed by atoms with Crippen LogP contribution in [0.1, 0.15) is 19.4 Å². The van der Waals surface area contributed by atoms with Crippen molar-refractivity contribution in [3.63, 3.8) is 0 Å². The molecule has 0 bridgehead atoms. The quantitative estimate of drug-likeness (QED) is 0.313. The van der Waals surface area contributed by atoms with Crippen molar-refractivity contribution in [2.24, 2.45) is 0 Å². The van der Waals surface area contributed by atoms with Crippen molar-refractivity contribution in [2.45, 2.75) is 26.4 Å². The fourth-order valence-electron chi connectivity index (χ4n) is 4.65. The molecule has 0 amide bonds. The Labute approximate surface area is 168 Å². The van der Waals surface area contributed by atoms with Crippen LogP contribution in [0.4, 0.5) is 17.3 Å². The third kappa shape index (κ3) is 2.03. The lowest BCUT2D eigenvalue weighted by molar-refractivity contribution is 0.489. The zero-order chi connectivity index (χ0) is 19.9. The topological polar surface area (TPSA) is 32.8 Å². The molecule has 0 N–H and O–H groups in total. The van der Waals surface area contributed by atoms with Gasteiger partial charge in [-0.2, -0.15) is 0 Å². The highest BCUT2D eigenvalue weighted by Gasteiger charge is 2.45. The number of rotatable bonds is 1. The Kier molecular flexibility index (Phi) is 3.05. The van der Waals surface area contributed by atoms with Gasteiger partial charge in [0.15, 0.2) is 0 Å². The first-order chi connectivity index (χ1) is 14.0. The molecule has 0 saturated heterocycles. The molecule has 0 saturated carbocycles. The Balaban J connectivity index is 1.68. The fourth-order valence-corrected chi connectivity index (χ4v) is 4.65. The van der Waals surface area contributed by atoms with Crippen LogP contribution in [0.3, 0.4) is 0 Å². The van der Waals surface area contributed by atoms with Crippen LogP contribution in [-0.4, -0.2) is 12.7 Å². The van der Waals surface area contributed by atoms with Gasteiger partial charge in [0.1, 0.15) is 28.1 Å². The van der Waals surface area contributed by atoms with Gasteiger partial charge in [0.2, 0.25) is 5.88 Å². The van der Waals surface area contributed by atoms with Crippen LogP contribution in [0, 0.1) is 6.92 Å². The molecule has 5 aromatic rings. The summed E-state index contributed by atoms with van der Waals surface area (Å²) in [6.45, 7) is 6.61. The maximum Gasteiger partial charge on any atom is 0.222 e. The predicted octanol–water partition coefficient (Wildman–Crippen LogP) is 6.96. The molecular formula is C25H22N2O2. The molecule has 3 aromatic carbocycles. The third-order valence-electron chi connectivity index (χ3n) is 6.38. The average molecular weight is 382 g/mol. The molecule has 29 heavy (non-hydrogen) atoms. The Bertz CT molecular complexity index is 1420. The molecule has 0 aliphatic carbocycles. The van der Waals surface area contributed by atoms with E-state index in [1.165, 1.54) is 11.3 Å². The molecule has 4 nitrogen and oxygen atoms in total. The molecule has 1 aliphatic rings. The second-order valence-electron chi connectivity index (χ2n) is 8.37. The van der Waals surface area contributed by atoms with Crippen molar-refractivity contribution in [3.8, 4) is 0 Å². The molecule has 0 spiro atoms. The summed E-state index contributed by atoms with van der Waals surface area (Å²) in [7, 11) is 2.10. The molecule has 1 aliphatic heterocycles. The summed E-state index contributed by atoms with van der Waals surface area (Å²) in [6.07, 6.45) is 0. The summed E-state index contributed by atoms with van der Waals surface area (Å²) >= 11 is 0. The monoisotopic (exact) mass is 382 g/mol. The van der Waals surface area contributed by atoms with Crippen LogP contribution in [0.5, 0.6) is 0 Å². The van der Waals surface area contributed by atoms with Crippen molar-refractivity contribution in [1.82, 2.24) is 0 Å². The number of furan rings is 2. The number of para-hydroxylation sites is 2. The van der Waals surface area contributed by atoms with Crippen molar-refractivity contribution >= 4 is 50.2 Å². The molecule has 144 valence electrons. The molecule has 4 heteroatoms. The van der Waals surface area contributed by atoms with E-state index in [1.54, 1.807) is 0 Å². The number of hydrogen-bond acceptors (Lipinski definition) is 4. The first kappa shape index (κ1) is 16.5. The summed E-state index contributed by atoms with van der Waals surface area (Å²) in [5.41, 5.74) is 5.97. The van der Waals surface area contributed by atoms with Crippen molar-refractivity contribution in [1.29, 1.82) is 0 Å². The Morgan fingerprint density at radius 3 is 2.17 bits per heavy atom. The summed E-state index contributed by atoms with van der Waals surface area (Å²) < 4.78 is 12.4. The first-order valence-corrected chi connectivity index (χ1v) is 9.94. The minimum absolute atomic E-state index is 0.268. The van der Waals surface area contributed by atoms with E-state index in [4.69, 9.17) is 8.83 Å². The molecule has 2 aromatic heterocycles. The van der Waals surface area contributed by atoms with E-state index in [2.05, 4.69) is 74.0 Å². The van der Waals surface area contributed by atoms with Crippen molar-refractivity contribution in [2.75, 3.05) is 16.8 Å². The normalized spacial score (nSPS) is 15.7. The van der Waals surface area contributed by atoms with E-state index in [1.807, 2.05) is 24.3 Å². The minimum Gasteiger partial charge on any atom is -0.456 e. The van der Waals surface area contributed by atoms with Gasteiger partial charge < -0.3 is 18.6 Å². The van der Waals surface area contributed by atoms with E-state index < -0.39 is 0 Å². The van der Waals surface area contributed by atoms with Gasteiger partial charge in [-0.1, -0.05) is 30.3 Å². The number of nitrogens with zero attached hydrogens (tertiary/aromatic N) is 2. The molecule has 0 fully saturated rings. The van der Waals surface area contributed by atoms with Crippen LogP contribution in [-0.2, 0) is 0 Å². The summed E-state index contributed by atoms with van der Waals surface area (Å²) in [5.74, 6) is 0.910. The molecular weight excluding hydrogens is 360 g/mol. The lowest BCUT2D eigenvalue weighted by Gasteiger charge is -2.39. The summed E-state index contributed by atoms with van der Waals surface area (Å²) in [5, 5.41) is 3.42. The second kappa shape index (κ2) is 5.35. The largest absolute Gasteiger partial charge is 0.456 e. The number of hydrogen-bond donors (Lipinski definition) is 0. The standard InChI is InChI=1S/C25H22N2O2/c1-15-13-22-18(16-9-5-7-11-20(16)28-22)14-19(15)27-23-17-10-6-8-12-21(17)29-24(23)26(4)25(27,2)3/h5-14H,1-4H3. The Morgan fingerprint density at radius 1 is 0.759 bits per heavy atom. The van der Waals surface area contributed by atoms with E-state index in [9.17, 15) is 0 Å². The van der Waals surface area contributed by atoms with Gasteiger partial charge in [-0.05, 0) is 56.7 Å². The first-order valence-electron chi connectivity index (χ1n) is 9.94. The number of aryl methyl sites for hydroxylation is 1. The molecule has 6 rings (SSSR count). The van der Waals surface area contributed by atoms with E-state index in [-0.39, 0.29) is 5.66 Å². The summed E-state index contributed by atoms with van der Waals surface area (Å²) in [6, 6.07) is 20.9. The van der Waals surface area contributed by atoms with Crippen LogP contribution < -0.4 is 9.80 Å². The van der Waals surface area contributed by atoms with E-state index in [0.717, 1.165) is 44.5 Å². The van der Waals surface area contributed by atoms with Gasteiger partial charge in [0, 0.05) is 28.9 Å². The van der Waals surface area contributed by atoms with Crippen LogP contribution in [0.15, 0.2) is 69.5 Å². The SMILES string of the molecule is Cc1cc2oc3ccccc3c2cc1N1c2c(oc3ccccc23)N(C)C1(C)C. The smallest absolute Gasteiger partial charge is 0.222 e. The zero-order valence-corrected chi connectivity index (χ0v) is 17.0. The van der Waals surface area contributed by atoms with Gasteiger partial charge in [-0.15, -0.1) is 0 Å². The van der Waals surface area contributed by atoms with Gasteiger partial charge in [-0.25, -0.2) is 0 Å². The lowest BCUT2D eigenvalue weighted by atomic mass is 10.0. The van der Waals surface area contributed by atoms with E-state index >= 15 is 0 Å². The highest BCUT2D eigenvalue weighted by molar-refractivity contribution is 6.09. The second-order valence-corrected chi connectivity index (χ2v) is 8.37. The summed E-state index contributed by atoms with van der Waals surface area (Å²) in [4.78, 5) is 4.63. The molecule has 3 heterocycles. The number of fused-ring (bicyclic) bond motifs is 6. The van der Waals surface area contributed by atoms with Gasteiger partial charge in [0.25, 0.3) is 0 Å². The average Bonchev–Trinajstić information content (AvgIpc) is 3.31. The van der Waals surface area contributed by atoms with Gasteiger partial charge >= 0.3 is 0 Å². The lowest BCUT2D eigenvalue weighted by Crippen LogP contribution is -2.49. The maximum absolute atomic E-state index is 6.26. The zero-order valence-electron chi connectivity index (χ0n) is 17.0. The highest BCUT2D eigenvalue weighted by Crippen LogP contribution is 2.54. The third-order valence-corrected chi connectivity index (χ3v) is 6.38. The fraction of sp³-hybridized carbons (Fsp3) is 0.200. The number of benzene rings is 3. The van der Waals surface area contributed by atoms with Crippen LogP contribution >= 0.6 is 0 Å². The number of anilines is 3. The van der Waals surface area contributed by atoms with Crippen LogP contribution in [0.25, 0.3) is 32.9 Å². The molecule has 0 atom stereocenters. The van der Waals surface area contributed by atoms with Crippen molar-refractivity contribution < 1.29 is 8.83 Å². The van der Waals surface area contributed by atoms with Gasteiger partial charge in [-0.3, -0.25) is 0 Å². The highest BCUT2D eigenvalue weighted by atomic mass is 16.4. The Morgan fingerprint density at radius 2 is 1.41 bits per heavy atom. The predicted molar refractivity (Wildman–Crippen MR) is 119 cm³/mol.